The second-order valence-electron chi connectivity index (χ2n) is 6.37. The monoisotopic (exact) mass is 340 g/mol. The van der Waals surface area contributed by atoms with Crippen molar-refractivity contribution in [1.29, 1.82) is 0 Å². The van der Waals surface area contributed by atoms with Crippen LogP contribution in [0.15, 0.2) is 54.6 Å². The first-order chi connectivity index (χ1) is 12.1. The maximum Gasteiger partial charge on any atom is 0.237 e. The normalized spacial score (nSPS) is 13.1. The van der Waals surface area contributed by atoms with Crippen LogP contribution in [0.5, 0.6) is 5.75 Å². The number of carbonyl (C=O) groups excluding carboxylic acids is 1. The molecule has 0 aromatic heterocycles. The van der Waals surface area contributed by atoms with E-state index in [1.165, 1.54) is 0 Å². The van der Waals surface area contributed by atoms with Gasteiger partial charge in [0, 0.05) is 6.54 Å². The quantitative estimate of drug-likeness (QED) is 0.736. The number of benzene rings is 2. The molecule has 0 heterocycles. The number of nitrogens with one attached hydrogen (secondary N) is 1. The lowest BCUT2D eigenvalue weighted by molar-refractivity contribution is -0.123. The van der Waals surface area contributed by atoms with Crippen molar-refractivity contribution >= 4 is 5.91 Å². The summed E-state index contributed by atoms with van der Waals surface area (Å²) in [5.41, 5.74) is 8.20. The van der Waals surface area contributed by atoms with Crippen molar-refractivity contribution in [1.82, 2.24) is 5.32 Å². The summed E-state index contributed by atoms with van der Waals surface area (Å²) in [6.07, 6.45) is 1.65. The molecular weight excluding hydrogens is 312 g/mol. The molecule has 0 aliphatic carbocycles. The fourth-order valence-corrected chi connectivity index (χ4v) is 2.49. The molecule has 0 radical (unpaired) electrons. The molecule has 1 amide bonds. The average Bonchev–Trinajstić information content (AvgIpc) is 2.66. The van der Waals surface area contributed by atoms with Gasteiger partial charge in [-0.1, -0.05) is 62.7 Å². The van der Waals surface area contributed by atoms with E-state index < -0.39 is 6.04 Å². The summed E-state index contributed by atoms with van der Waals surface area (Å²) in [5.74, 6) is 0.949. The van der Waals surface area contributed by atoms with Gasteiger partial charge in [-0.15, -0.1) is 0 Å². The zero-order valence-electron chi connectivity index (χ0n) is 15.1. The Morgan fingerprint density at radius 2 is 1.84 bits per heavy atom. The summed E-state index contributed by atoms with van der Waals surface area (Å²) in [5, 5.41) is 2.92. The second kappa shape index (κ2) is 9.84. The fourth-order valence-electron chi connectivity index (χ4n) is 2.49. The maximum atomic E-state index is 12.0. The van der Waals surface area contributed by atoms with Crippen molar-refractivity contribution in [2.75, 3.05) is 6.54 Å². The second-order valence-corrected chi connectivity index (χ2v) is 6.37. The average molecular weight is 340 g/mol. The molecule has 4 heteroatoms. The van der Waals surface area contributed by atoms with Gasteiger partial charge in [0.2, 0.25) is 5.91 Å². The number of carbonyl (C=O) groups is 1. The van der Waals surface area contributed by atoms with Crippen LogP contribution in [-0.4, -0.2) is 18.5 Å². The molecular formula is C21H28N2O2. The van der Waals surface area contributed by atoms with Gasteiger partial charge in [0.1, 0.15) is 12.4 Å². The topological polar surface area (TPSA) is 64.4 Å². The molecule has 2 aromatic rings. The highest BCUT2D eigenvalue weighted by Gasteiger charge is 2.18. The van der Waals surface area contributed by atoms with Crippen molar-refractivity contribution in [3.63, 3.8) is 0 Å². The van der Waals surface area contributed by atoms with Gasteiger partial charge in [-0.05, 0) is 35.6 Å². The summed E-state index contributed by atoms with van der Waals surface area (Å²) in [6, 6.07) is 17.6. The zero-order valence-corrected chi connectivity index (χ0v) is 15.1. The largest absolute Gasteiger partial charge is 0.489 e. The van der Waals surface area contributed by atoms with E-state index in [9.17, 15) is 4.79 Å². The molecule has 2 rings (SSSR count). The minimum absolute atomic E-state index is 0.0779. The Labute approximate surface area is 150 Å². The van der Waals surface area contributed by atoms with Crippen LogP contribution in [0, 0.1) is 5.92 Å². The van der Waals surface area contributed by atoms with E-state index in [-0.39, 0.29) is 11.8 Å². The zero-order chi connectivity index (χ0) is 18.1. The Hall–Kier alpha value is -2.33. The van der Waals surface area contributed by atoms with E-state index in [1.54, 1.807) is 0 Å². The van der Waals surface area contributed by atoms with Gasteiger partial charge >= 0.3 is 0 Å². The van der Waals surface area contributed by atoms with E-state index >= 15 is 0 Å². The number of ether oxygens (including phenoxy) is 1. The standard InChI is InChI=1S/C21H28N2O2/c1-3-16(2)20(22)21(24)23-13-12-17-10-7-11-19(14-17)25-15-18-8-5-4-6-9-18/h4-11,14,16,20H,3,12-13,15,22H2,1-2H3,(H,23,24). The van der Waals surface area contributed by atoms with Gasteiger partial charge in [0.05, 0.1) is 6.04 Å². The molecule has 0 aliphatic heterocycles. The molecule has 25 heavy (non-hydrogen) atoms. The van der Waals surface area contributed by atoms with Gasteiger partial charge < -0.3 is 15.8 Å². The molecule has 2 aromatic carbocycles. The number of rotatable bonds is 9. The van der Waals surface area contributed by atoms with Crippen LogP contribution in [0.1, 0.15) is 31.4 Å². The van der Waals surface area contributed by atoms with E-state index in [0.29, 0.717) is 13.2 Å². The van der Waals surface area contributed by atoms with Gasteiger partial charge in [-0.3, -0.25) is 4.79 Å². The van der Waals surface area contributed by atoms with Crippen molar-refractivity contribution in [2.45, 2.75) is 39.3 Å². The summed E-state index contributed by atoms with van der Waals surface area (Å²) in [7, 11) is 0. The first-order valence-corrected chi connectivity index (χ1v) is 8.89. The molecule has 2 atom stereocenters. The highest BCUT2D eigenvalue weighted by Crippen LogP contribution is 2.15. The van der Waals surface area contributed by atoms with Crippen molar-refractivity contribution in [3.05, 3.63) is 65.7 Å². The van der Waals surface area contributed by atoms with Gasteiger partial charge in [-0.2, -0.15) is 0 Å². The minimum Gasteiger partial charge on any atom is -0.489 e. The number of amides is 1. The predicted molar refractivity (Wildman–Crippen MR) is 101 cm³/mol. The number of hydrogen-bond acceptors (Lipinski definition) is 3. The van der Waals surface area contributed by atoms with Crippen LogP contribution in [0.2, 0.25) is 0 Å². The molecule has 0 saturated heterocycles. The van der Waals surface area contributed by atoms with Gasteiger partial charge in [-0.25, -0.2) is 0 Å². The highest BCUT2D eigenvalue weighted by molar-refractivity contribution is 5.81. The SMILES string of the molecule is CCC(C)C(N)C(=O)NCCc1cccc(OCc2ccccc2)c1. The van der Waals surface area contributed by atoms with Crippen LogP contribution >= 0.6 is 0 Å². The molecule has 4 nitrogen and oxygen atoms in total. The van der Waals surface area contributed by atoms with Crippen LogP contribution < -0.4 is 15.8 Å². The van der Waals surface area contributed by atoms with Crippen molar-refractivity contribution < 1.29 is 9.53 Å². The first kappa shape index (κ1) is 19.0. The van der Waals surface area contributed by atoms with E-state index in [2.05, 4.69) is 5.32 Å². The molecule has 0 bridgehead atoms. The number of nitrogens with two attached hydrogens (primary N) is 1. The summed E-state index contributed by atoms with van der Waals surface area (Å²) >= 11 is 0. The van der Waals surface area contributed by atoms with E-state index in [4.69, 9.17) is 10.5 Å². The third-order valence-electron chi connectivity index (χ3n) is 4.42. The first-order valence-electron chi connectivity index (χ1n) is 8.89. The van der Waals surface area contributed by atoms with Crippen molar-refractivity contribution in [2.24, 2.45) is 11.7 Å². The molecule has 0 spiro atoms. The summed E-state index contributed by atoms with van der Waals surface area (Å²) in [4.78, 5) is 12.0. The third kappa shape index (κ3) is 6.24. The Bertz CT molecular complexity index is 658. The molecule has 2 unspecified atom stereocenters. The Balaban J connectivity index is 1.80. The lowest BCUT2D eigenvalue weighted by Crippen LogP contribution is -2.45. The molecule has 3 N–H and O–H groups in total. The summed E-state index contributed by atoms with van der Waals surface area (Å²) in [6.45, 7) is 5.16. The van der Waals surface area contributed by atoms with Crippen LogP contribution in [0.4, 0.5) is 0 Å². The van der Waals surface area contributed by atoms with E-state index in [1.807, 2.05) is 68.4 Å². The maximum absolute atomic E-state index is 12.0. The van der Waals surface area contributed by atoms with Gasteiger partial charge in [0.25, 0.3) is 0 Å². The van der Waals surface area contributed by atoms with Crippen LogP contribution in [-0.2, 0) is 17.8 Å². The lowest BCUT2D eigenvalue weighted by Gasteiger charge is -2.17. The molecule has 0 saturated carbocycles. The van der Waals surface area contributed by atoms with E-state index in [0.717, 1.165) is 29.7 Å². The molecule has 134 valence electrons. The van der Waals surface area contributed by atoms with Crippen molar-refractivity contribution in [3.8, 4) is 5.75 Å². The van der Waals surface area contributed by atoms with Crippen LogP contribution in [0.3, 0.4) is 0 Å². The van der Waals surface area contributed by atoms with Gasteiger partial charge in [0.15, 0.2) is 0 Å². The smallest absolute Gasteiger partial charge is 0.237 e. The minimum atomic E-state index is -0.439. The third-order valence-corrected chi connectivity index (χ3v) is 4.42. The Kier molecular flexibility index (Phi) is 7.48. The Morgan fingerprint density at radius 3 is 2.56 bits per heavy atom. The predicted octanol–water partition coefficient (Wildman–Crippen LogP) is 3.30. The molecule has 0 fully saturated rings. The lowest BCUT2D eigenvalue weighted by atomic mass is 9.99. The molecule has 0 aliphatic rings. The highest BCUT2D eigenvalue weighted by atomic mass is 16.5. The number of hydrogen-bond donors (Lipinski definition) is 2. The summed E-state index contributed by atoms with van der Waals surface area (Å²) < 4.78 is 5.84. The van der Waals surface area contributed by atoms with Crippen LogP contribution in [0.25, 0.3) is 0 Å². The Morgan fingerprint density at radius 1 is 1.12 bits per heavy atom. The fraction of sp³-hybridized carbons (Fsp3) is 0.381.